The maximum atomic E-state index is 11.3. The lowest BCUT2D eigenvalue weighted by molar-refractivity contribution is -0.146. The van der Waals surface area contributed by atoms with Gasteiger partial charge in [0, 0.05) is 5.54 Å². The lowest BCUT2D eigenvalue weighted by Crippen LogP contribution is -2.35. The molecule has 0 aliphatic heterocycles. The van der Waals surface area contributed by atoms with Crippen LogP contribution in [0.5, 0.6) is 0 Å². The number of esters is 1. The van der Waals surface area contributed by atoms with E-state index in [0.29, 0.717) is 18.9 Å². The maximum Gasteiger partial charge on any atom is 0.307 e. The fourth-order valence-electron chi connectivity index (χ4n) is 1.81. The topological polar surface area (TPSA) is 52.3 Å². The molecule has 14 heavy (non-hydrogen) atoms. The highest BCUT2D eigenvalue weighted by atomic mass is 16.5. The Balaban J connectivity index is 2.14. The average Bonchev–Trinajstić information content (AvgIpc) is 2.49. The van der Waals surface area contributed by atoms with Gasteiger partial charge >= 0.3 is 5.97 Å². The van der Waals surface area contributed by atoms with Gasteiger partial charge in [0.05, 0.1) is 13.0 Å². The molecule has 0 heterocycles. The van der Waals surface area contributed by atoms with E-state index < -0.39 is 5.54 Å². The predicted molar refractivity (Wildman–Crippen MR) is 55.8 cm³/mol. The van der Waals surface area contributed by atoms with Crippen molar-refractivity contribution in [1.82, 2.24) is 0 Å². The number of hydrogen-bond acceptors (Lipinski definition) is 3. The van der Waals surface area contributed by atoms with Crippen LogP contribution in [0.4, 0.5) is 0 Å². The van der Waals surface area contributed by atoms with Crippen molar-refractivity contribution in [2.45, 2.75) is 51.5 Å². The van der Waals surface area contributed by atoms with Crippen LogP contribution in [0.2, 0.25) is 0 Å². The van der Waals surface area contributed by atoms with E-state index in [0.717, 1.165) is 0 Å². The average molecular weight is 199 g/mol. The van der Waals surface area contributed by atoms with Crippen molar-refractivity contribution >= 4 is 5.97 Å². The molecular formula is C11H21NO2. The molecule has 82 valence electrons. The van der Waals surface area contributed by atoms with Crippen molar-refractivity contribution < 1.29 is 9.53 Å². The lowest BCUT2D eigenvalue weighted by Gasteiger charge is -2.18. The fraction of sp³-hybridized carbons (Fsp3) is 0.909. The highest BCUT2D eigenvalue weighted by Crippen LogP contribution is 2.24. The van der Waals surface area contributed by atoms with Crippen LogP contribution >= 0.6 is 0 Å². The number of ether oxygens (including phenoxy) is 1. The van der Waals surface area contributed by atoms with Crippen LogP contribution in [-0.4, -0.2) is 18.1 Å². The minimum atomic E-state index is -0.452. The van der Waals surface area contributed by atoms with E-state index in [1.165, 1.54) is 25.7 Å². The molecule has 2 N–H and O–H groups in total. The zero-order chi connectivity index (χ0) is 10.6. The highest BCUT2D eigenvalue weighted by molar-refractivity contribution is 5.70. The first kappa shape index (κ1) is 11.5. The Morgan fingerprint density at radius 2 is 2.00 bits per heavy atom. The van der Waals surface area contributed by atoms with Crippen molar-refractivity contribution in [2.24, 2.45) is 11.7 Å². The van der Waals surface area contributed by atoms with Gasteiger partial charge in [-0.05, 0) is 32.6 Å². The van der Waals surface area contributed by atoms with E-state index in [2.05, 4.69) is 0 Å². The van der Waals surface area contributed by atoms with Gasteiger partial charge in [0.1, 0.15) is 0 Å². The van der Waals surface area contributed by atoms with Crippen LogP contribution in [0, 0.1) is 5.92 Å². The Hall–Kier alpha value is -0.570. The Kier molecular flexibility index (Phi) is 3.93. The van der Waals surface area contributed by atoms with E-state index in [1.54, 1.807) is 0 Å². The zero-order valence-electron chi connectivity index (χ0n) is 9.21. The summed E-state index contributed by atoms with van der Waals surface area (Å²) in [7, 11) is 0. The molecule has 0 aromatic rings. The Labute approximate surface area is 86.0 Å². The number of hydrogen-bond donors (Lipinski definition) is 1. The Morgan fingerprint density at radius 3 is 2.50 bits per heavy atom. The molecule has 3 heteroatoms. The lowest BCUT2D eigenvalue weighted by atomic mass is 10.0. The van der Waals surface area contributed by atoms with E-state index in [4.69, 9.17) is 10.5 Å². The van der Waals surface area contributed by atoms with Crippen molar-refractivity contribution in [2.75, 3.05) is 6.61 Å². The van der Waals surface area contributed by atoms with Crippen molar-refractivity contribution in [3.63, 3.8) is 0 Å². The minimum Gasteiger partial charge on any atom is -0.465 e. The molecule has 0 aromatic carbocycles. The molecule has 1 aliphatic carbocycles. The summed E-state index contributed by atoms with van der Waals surface area (Å²) in [5.41, 5.74) is 5.27. The summed E-state index contributed by atoms with van der Waals surface area (Å²) in [6, 6.07) is 0. The largest absolute Gasteiger partial charge is 0.465 e. The van der Waals surface area contributed by atoms with Crippen molar-refractivity contribution in [3.8, 4) is 0 Å². The first-order valence-electron chi connectivity index (χ1n) is 5.42. The highest BCUT2D eigenvalue weighted by Gasteiger charge is 2.20. The number of nitrogens with two attached hydrogens (primary N) is 1. The fourth-order valence-corrected chi connectivity index (χ4v) is 1.81. The quantitative estimate of drug-likeness (QED) is 0.703. The second-order valence-corrected chi connectivity index (χ2v) is 5.00. The molecule has 0 saturated heterocycles. The summed E-state index contributed by atoms with van der Waals surface area (Å²) in [4.78, 5) is 11.3. The molecule has 0 atom stereocenters. The van der Waals surface area contributed by atoms with Crippen LogP contribution in [0.25, 0.3) is 0 Å². The molecule has 0 amide bonds. The summed E-state index contributed by atoms with van der Waals surface area (Å²) in [6.45, 7) is 4.27. The van der Waals surface area contributed by atoms with Gasteiger partial charge in [-0.2, -0.15) is 0 Å². The predicted octanol–water partition coefficient (Wildman–Crippen LogP) is 1.85. The molecule has 1 aliphatic rings. The van der Waals surface area contributed by atoms with Gasteiger partial charge in [-0.3, -0.25) is 4.79 Å². The molecule has 3 nitrogen and oxygen atoms in total. The van der Waals surface area contributed by atoms with Crippen LogP contribution in [-0.2, 0) is 9.53 Å². The van der Waals surface area contributed by atoms with Crippen molar-refractivity contribution in [1.29, 1.82) is 0 Å². The van der Waals surface area contributed by atoms with Crippen molar-refractivity contribution in [3.05, 3.63) is 0 Å². The third-order valence-electron chi connectivity index (χ3n) is 2.55. The first-order chi connectivity index (χ1) is 6.47. The number of carbonyl (C=O) groups excluding carboxylic acids is 1. The Morgan fingerprint density at radius 1 is 1.43 bits per heavy atom. The van der Waals surface area contributed by atoms with Crippen LogP contribution in [0.15, 0.2) is 0 Å². The van der Waals surface area contributed by atoms with Gasteiger partial charge in [0.2, 0.25) is 0 Å². The van der Waals surface area contributed by atoms with E-state index in [-0.39, 0.29) is 5.97 Å². The van der Waals surface area contributed by atoms with E-state index in [1.807, 2.05) is 13.8 Å². The first-order valence-corrected chi connectivity index (χ1v) is 5.42. The summed E-state index contributed by atoms with van der Waals surface area (Å²) >= 11 is 0. The van der Waals surface area contributed by atoms with Crippen LogP contribution < -0.4 is 5.73 Å². The summed E-state index contributed by atoms with van der Waals surface area (Å²) in [5, 5.41) is 0. The van der Waals surface area contributed by atoms with Gasteiger partial charge < -0.3 is 10.5 Å². The van der Waals surface area contributed by atoms with Crippen LogP contribution in [0.3, 0.4) is 0 Å². The van der Waals surface area contributed by atoms with E-state index in [9.17, 15) is 4.79 Å². The number of carbonyl (C=O) groups is 1. The molecule has 0 aromatic heterocycles. The summed E-state index contributed by atoms with van der Waals surface area (Å²) < 4.78 is 5.18. The third kappa shape index (κ3) is 4.61. The summed E-state index contributed by atoms with van der Waals surface area (Å²) in [6.07, 6.45) is 5.29. The monoisotopic (exact) mass is 199 g/mol. The minimum absolute atomic E-state index is 0.163. The van der Waals surface area contributed by atoms with Crippen LogP contribution in [0.1, 0.15) is 46.0 Å². The summed E-state index contributed by atoms with van der Waals surface area (Å²) in [5.74, 6) is 0.434. The van der Waals surface area contributed by atoms with E-state index >= 15 is 0 Å². The molecule has 0 bridgehead atoms. The standard InChI is InChI=1S/C11H21NO2/c1-11(2,12)7-10(13)14-8-9-5-3-4-6-9/h9H,3-8,12H2,1-2H3. The molecule has 0 spiro atoms. The second-order valence-electron chi connectivity index (χ2n) is 5.00. The molecule has 1 fully saturated rings. The number of rotatable bonds is 4. The molecule has 0 radical (unpaired) electrons. The molecule has 1 rings (SSSR count). The Bertz CT molecular complexity index is 190. The normalized spacial score (nSPS) is 18.5. The smallest absolute Gasteiger partial charge is 0.307 e. The molecular weight excluding hydrogens is 178 g/mol. The molecule has 0 unspecified atom stereocenters. The second kappa shape index (κ2) is 4.78. The van der Waals surface area contributed by atoms with Gasteiger partial charge in [-0.1, -0.05) is 12.8 Å². The maximum absolute atomic E-state index is 11.3. The SMILES string of the molecule is CC(C)(N)CC(=O)OCC1CCCC1. The van der Waals surface area contributed by atoms with Gasteiger partial charge in [-0.25, -0.2) is 0 Å². The van der Waals surface area contributed by atoms with Gasteiger partial charge in [0.15, 0.2) is 0 Å². The zero-order valence-corrected chi connectivity index (χ0v) is 9.21. The van der Waals surface area contributed by atoms with Gasteiger partial charge in [0.25, 0.3) is 0 Å². The molecule has 1 saturated carbocycles. The van der Waals surface area contributed by atoms with Gasteiger partial charge in [-0.15, -0.1) is 0 Å². The third-order valence-corrected chi connectivity index (χ3v) is 2.55.